The molecule has 0 amide bonds. The fourth-order valence-electron chi connectivity index (χ4n) is 4.17. The topological polar surface area (TPSA) is 35.5 Å². The molecule has 0 aromatic heterocycles. The van der Waals surface area contributed by atoms with Crippen LogP contribution in [0.25, 0.3) is 5.57 Å². The van der Waals surface area contributed by atoms with Crippen molar-refractivity contribution in [3.05, 3.63) is 69.8 Å². The number of allylic oxidation sites excluding steroid dienone is 1. The number of carbonyl (C=O) groups excluding carboxylic acids is 1. The third kappa shape index (κ3) is 5.33. The lowest BCUT2D eigenvalue weighted by molar-refractivity contribution is -0.143. The molecule has 1 aliphatic rings. The molecule has 0 unspecified atom stereocenters. The van der Waals surface area contributed by atoms with E-state index in [9.17, 15) is 4.79 Å². The molecule has 3 nitrogen and oxygen atoms in total. The first kappa shape index (κ1) is 22.1. The Balaban J connectivity index is 1.68. The summed E-state index contributed by atoms with van der Waals surface area (Å²) in [5.74, 6) is 0.801. The molecule has 0 atom stereocenters. The Labute approximate surface area is 181 Å². The zero-order chi connectivity index (χ0) is 21.5. The van der Waals surface area contributed by atoms with Gasteiger partial charge in [0.1, 0.15) is 12.4 Å². The standard InChI is InChI=1S/C27H34O3/c1-5-21-10-12-23(13-11-21)25-9-7-8-24(25)18-30-26-16-14-22(19(3)20(26)4)15-17-27(28)29-6-2/h10-14,16H,5-9,15,17-18H2,1-4H3. The molecule has 2 aromatic carbocycles. The number of esters is 1. The molecular weight excluding hydrogens is 372 g/mol. The van der Waals surface area contributed by atoms with Crippen molar-refractivity contribution in [3.8, 4) is 5.75 Å². The minimum atomic E-state index is -0.137. The van der Waals surface area contributed by atoms with Crippen molar-refractivity contribution in [1.82, 2.24) is 0 Å². The van der Waals surface area contributed by atoms with Crippen LogP contribution in [0.4, 0.5) is 0 Å². The van der Waals surface area contributed by atoms with Gasteiger partial charge < -0.3 is 9.47 Å². The zero-order valence-corrected chi connectivity index (χ0v) is 18.8. The maximum Gasteiger partial charge on any atom is 0.306 e. The summed E-state index contributed by atoms with van der Waals surface area (Å²) in [5.41, 5.74) is 9.14. The second kappa shape index (κ2) is 10.5. The first-order valence-electron chi connectivity index (χ1n) is 11.2. The monoisotopic (exact) mass is 406 g/mol. The quantitative estimate of drug-likeness (QED) is 0.453. The Morgan fingerprint density at radius 1 is 0.967 bits per heavy atom. The van der Waals surface area contributed by atoms with Crippen molar-refractivity contribution in [2.75, 3.05) is 13.2 Å². The Kier molecular flexibility index (Phi) is 7.73. The molecule has 0 aliphatic heterocycles. The van der Waals surface area contributed by atoms with E-state index in [1.807, 2.05) is 13.0 Å². The van der Waals surface area contributed by atoms with Crippen LogP contribution in [-0.2, 0) is 22.4 Å². The van der Waals surface area contributed by atoms with E-state index in [1.165, 1.54) is 39.8 Å². The molecule has 30 heavy (non-hydrogen) atoms. The molecule has 0 bridgehead atoms. The summed E-state index contributed by atoms with van der Waals surface area (Å²) in [6.45, 7) is 9.32. The summed E-state index contributed by atoms with van der Waals surface area (Å²) in [6, 6.07) is 13.1. The summed E-state index contributed by atoms with van der Waals surface area (Å²) >= 11 is 0. The van der Waals surface area contributed by atoms with E-state index in [2.05, 4.69) is 51.1 Å². The highest BCUT2D eigenvalue weighted by Gasteiger charge is 2.17. The summed E-state index contributed by atoms with van der Waals surface area (Å²) < 4.78 is 11.3. The van der Waals surface area contributed by atoms with Crippen molar-refractivity contribution >= 4 is 11.5 Å². The number of aryl methyl sites for hydroxylation is 2. The normalized spacial score (nSPS) is 13.6. The largest absolute Gasteiger partial charge is 0.489 e. The van der Waals surface area contributed by atoms with Crippen LogP contribution >= 0.6 is 0 Å². The van der Waals surface area contributed by atoms with E-state index < -0.39 is 0 Å². The maximum atomic E-state index is 11.7. The SMILES string of the molecule is CCOC(=O)CCc1ccc(OCC2=C(c3ccc(CC)cc3)CCC2)c(C)c1C. The molecule has 3 heteroatoms. The van der Waals surface area contributed by atoms with Crippen LogP contribution in [-0.4, -0.2) is 19.2 Å². The lowest BCUT2D eigenvalue weighted by Gasteiger charge is -2.16. The van der Waals surface area contributed by atoms with Gasteiger partial charge in [-0.05, 0) is 97.9 Å². The van der Waals surface area contributed by atoms with E-state index in [0.29, 0.717) is 26.1 Å². The molecule has 0 N–H and O–H groups in total. The van der Waals surface area contributed by atoms with E-state index in [-0.39, 0.29) is 5.97 Å². The smallest absolute Gasteiger partial charge is 0.306 e. The summed E-state index contributed by atoms with van der Waals surface area (Å²) in [7, 11) is 0. The number of carbonyl (C=O) groups is 1. The average molecular weight is 407 g/mol. The van der Waals surface area contributed by atoms with Crippen LogP contribution in [0.15, 0.2) is 42.0 Å². The van der Waals surface area contributed by atoms with Crippen LogP contribution in [0.1, 0.15) is 67.3 Å². The first-order valence-corrected chi connectivity index (χ1v) is 11.2. The zero-order valence-electron chi connectivity index (χ0n) is 18.8. The molecule has 3 rings (SSSR count). The van der Waals surface area contributed by atoms with Crippen LogP contribution < -0.4 is 4.74 Å². The van der Waals surface area contributed by atoms with Gasteiger partial charge in [0, 0.05) is 6.42 Å². The molecule has 0 heterocycles. The highest BCUT2D eigenvalue weighted by Crippen LogP contribution is 2.35. The van der Waals surface area contributed by atoms with Crippen molar-refractivity contribution in [3.63, 3.8) is 0 Å². The minimum absolute atomic E-state index is 0.137. The lowest BCUT2D eigenvalue weighted by atomic mass is 9.98. The predicted octanol–water partition coefficient (Wildman–Crippen LogP) is 6.38. The van der Waals surface area contributed by atoms with Gasteiger partial charge in [-0.2, -0.15) is 0 Å². The molecule has 0 saturated heterocycles. The van der Waals surface area contributed by atoms with Crippen LogP contribution in [0, 0.1) is 13.8 Å². The van der Waals surface area contributed by atoms with Gasteiger partial charge in [-0.1, -0.05) is 37.3 Å². The van der Waals surface area contributed by atoms with Crippen LogP contribution in [0.2, 0.25) is 0 Å². The van der Waals surface area contributed by atoms with Crippen LogP contribution in [0.3, 0.4) is 0 Å². The van der Waals surface area contributed by atoms with Gasteiger partial charge in [-0.3, -0.25) is 4.79 Å². The molecule has 0 saturated carbocycles. The Hall–Kier alpha value is -2.55. The maximum absolute atomic E-state index is 11.7. The molecule has 0 spiro atoms. The van der Waals surface area contributed by atoms with E-state index in [1.54, 1.807) is 0 Å². The molecular formula is C27H34O3. The van der Waals surface area contributed by atoms with Gasteiger partial charge in [0.15, 0.2) is 0 Å². The van der Waals surface area contributed by atoms with Gasteiger partial charge in [-0.25, -0.2) is 0 Å². The third-order valence-corrected chi connectivity index (χ3v) is 6.20. The summed E-state index contributed by atoms with van der Waals surface area (Å²) in [4.78, 5) is 11.7. The molecule has 2 aromatic rings. The van der Waals surface area contributed by atoms with E-state index >= 15 is 0 Å². The minimum Gasteiger partial charge on any atom is -0.489 e. The van der Waals surface area contributed by atoms with Crippen molar-refractivity contribution in [2.24, 2.45) is 0 Å². The van der Waals surface area contributed by atoms with E-state index in [0.717, 1.165) is 30.6 Å². The Morgan fingerprint density at radius 2 is 1.73 bits per heavy atom. The number of benzene rings is 2. The Bertz CT molecular complexity index is 906. The molecule has 0 fully saturated rings. The summed E-state index contributed by atoms with van der Waals surface area (Å²) in [6.07, 6.45) is 5.64. The van der Waals surface area contributed by atoms with Gasteiger partial charge >= 0.3 is 5.97 Å². The second-order valence-corrected chi connectivity index (χ2v) is 8.05. The number of ether oxygens (including phenoxy) is 2. The lowest BCUT2D eigenvalue weighted by Crippen LogP contribution is -2.07. The van der Waals surface area contributed by atoms with Gasteiger partial charge in [0.2, 0.25) is 0 Å². The predicted molar refractivity (Wildman–Crippen MR) is 123 cm³/mol. The second-order valence-electron chi connectivity index (χ2n) is 8.05. The van der Waals surface area contributed by atoms with Crippen LogP contribution in [0.5, 0.6) is 5.75 Å². The van der Waals surface area contributed by atoms with Gasteiger partial charge in [-0.15, -0.1) is 0 Å². The number of hydrogen-bond acceptors (Lipinski definition) is 3. The molecule has 0 radical (unpaired) electrons. The first-order chi connectivity index (χ1) is 14.5. The highest BCUT2D eigenvalue weighted by molar-refractivity contribution is 5.71. The molecule has 1 aliphatic carbocycles. The summed E-state index contributed by atoms with van der Waals surface area (Å²) in [5, 5.41) is 0. The highest BCUT2D eigenvalue weighted by atomic mass is 16.5. The van der Waals surface area contributed by atoms with Gasteiger partial charge in [0.05, 0.1) is 6.61 Å². The Morgan fingerprint density at radius 3 is 2.43 bits per heavy atom. The fraction of sp³-hybridized carbons (Fsp3) is 0.444. The average Bonchev–Trinajstić information content (AvgIpc) is 3.23. The van der Waals surface area contributed by atoms with Crippen molar-refractivity contribution < 1.29 is 14.3 Å². The number of rotatable bonds is 9. The third-order valence-electron chi connectivity index (χ3n) is 6.20. The van der Waals surface area contributed by atoms with Gasteiger partial charge in [0.25, 0.3) is 0 Å². The van der Waals surface area contributed by atoms with Crippen molar-refractivity contribution in [1.29, 1.82) is 0 Å². The van der Waals surface area contributed by atoms with E-state index in [4.69, 9.17) is 9.47 Å². The van der Waals surface area contributed by atoms with Crippen molar-refractivity contribution in [2.45, 2.75) is 66.2 Å². The fourth-order valence-corrected chi connectivity index (χ4v) is 4.17. The molecule has 160 valence electrons. The number of hydrogen-bond donors (Lipinski definition) is 0.